The lowest BCUT2D eigenvalue weighted by molar-refractivity contribution is -0.186. The SMILES string of the molecule is CCOC(=O)c1cc(N)ccc1OCOCC(F)(F)F. The molecule has 0 aliphatic rings. The highest BCUT2D eigenvalue weighted by atomic mass is 19.4. The van der Waals surface area contributed by atoms with Gasteiger partial charge in [0.15, 0.2) is 6.79 Å². The summed E-state index contributed by atoms with van der Waals surface area (Å²) in [5, 5.41) is 0. The molecule has 0 saturated carbocycles. The van der Waals surface area contributed by atoms with Crippen molar-refractivity contribution in [3.8, 4) is 5.75 Å². The van der Waals surface area contributed by atoms with Gasteiger partial charge in [-0.05, 0) is 25.1 Å². The predicted octanol–water partition coefficient (Wildman–Crippen LogP) is 2.36. The zero-order chi connectivity index (χ0) is 15.2. The van der Waals surface area contributed by atoms with Gasteiger partial charge >= 0.3 is 12.1 Å². The van der Waals surface area contributed by atoms with Crippen molar-refractivity contribution in [2.75, 3.05) is 25.7 Å². The van der Waals surface area contributed by atoms with Crippen LogP contribution in [-0.4, -0.2) is 32.2 Å². The molecule has 0 aliphatic carbocycles. The summed E-state index contributed by atoms with van der Waals surface area (Å²) < 4.78 is 49.7. The van der Waals surface area contributed by atoms with E-state index in [4.69, 9.17) is 15.2 Å². The van der Waals surface area contributed by atoms with Gasteiger partial charge in [0.2, 0.25) is 0 Å². The van der Waals surface area contributed by atoms with Crippen LogP contribution in [0.15, 0.2) is 18.2 Å². The standard InChI is InChI=1S/C12H14F3NO4/c1-2-19-11(17)9-5-8(16)3-4-10(9)20-7-18-6-12(13,14)15/h3-5H,2,6-7,16H2,1H3. The van der Waals surface area contributed by atoms with Crippen LogP contribution >= 0.6 is 0 Å². The van der Waals surface area contributed by atoms with Gasteiger partial charge in [-0.1, -0.05) is 0 Å². The number of halogens is 3. The summed E-state index contributed by atoms with van der Waals surface area (Å²) in [5.74, 6) is -0.634. The van der Waals surface area contributed by atoms with E-state index in [9.17, 15) is 18.0 Å². The number of nitrogens with two attached hydrogens (primary N) is 1. The van der Waals surface area contributed by atoms with Crippen LogP contribution in [0.5, 0.6) is 5.75 Å². The minimum atomic E-state index is -4.44. The second-order valence-corrected chi connectivity index (χ2v) is 3.70. The molecule has 8 heteroatoms. The Morgan fingerprint density at radius 3 is 2.65 bits per heavy atom. The van der Waals surface area contributed by atoms with Crippen LogP contribution in [0.25, 0.3) is 0 Å². The molecule has 1 aromatic carbocycles. The summed E-state index contributed by atoms with van der Waals surface area (Å²) in [6.45, 7) is -0.304. The number of nitrogen functional groups attached to an aromatic ring is 1. The Labute approximate surface area is 113 Å². The molecule has 1 rings (SSSR count). The number of alkyl halides is 3. The van der Waals surface area contributed by atoms with E-state index < -0.39 is 25.5 Å². The van der Waals surface area contributed by atoms with Crippen LogP contribution in [0.2, 0.25) is 0 Å². The smallest absolute Gasteiger partial charge is 0.411 e. The van der Waals surface area contributed by atoms with Crippen LogP contribution in [0.4, 0.5) is 18.9 Å². The molecule has 0 radical (unpaired) electrons. The molecular weight excluding hydrogens is 279 g/mol. The summed E-state index contributed by atoms with van der Waals surface area (Å²) in [4.78, 5) is 11.6. The third kappa shape index (κ3) is 5.35. The van der Waals surface area contributed by atoms with Crippen molar-refractivity contribution in [2.24, 2.45) is 0 Å². The molecule has 0 fully saturated rings. The highest BCUT2D eigenvalue weighted by Crippen LogP contribution is 2.23. The van der Waals surface area contributed by atoms with Crippen molar-refractivity contribution < 1.29 is 32.2 Å². The Morgan fingerprint density at radius 1 is 1.35 bits per heavy atom. The molecule has 0 heterocycles. The van der Waals surface area contributed by atoms with Crippen molar-refractivity contribution in [2.45, 2.75) is 13.1 Å². The van der Waals surface area contributed by atoms with Crippen molar-refractivity contribution in [1.82, 2.24) is 0 Å². The van der Waals surface area contributed by atoms with E-state index in [0.717, 1.165) is 0 Å². The molecule has 0 bridgehead atoms. The number of benzene rings is 1. The summed E-state index contributed by atoms with van der Waals surface area (Å²) in [6.07, 6.45) is -4.44. The Kier molecular flexibility index (Phi) is 5.63. The van der Waals surface area contributed by atoms with E-state index in [1.807, 2.05) is 0 Å². The van der Waals surface area contributed by atoms with Crippen molar-refractivity contribution >= 4 is 11.7 Å². The van der Waals surface area contributed by atoms with E-state index >= 15 is 0 Å². The second-order valence-electron chi connectivity index (χ2n) is 3.70. The van der Waals surface area contributed by atoms with E-state index in [0.29, 0.717) is 5.69 Å². The van der Waals surface area contributed by atoms with Crippen LogP contribution in [-0.2, 0) is 9.47 Å². The first-order chi connectivity index (χ1) is 9.33. The Bertz CT molecular complexity index is 463. The predicted molar refractivity (Wildman–Crippen MR) is 64.3 cm³/mol. The lowest BCUT2D eigenvalue weighted by atomic mass is 10.2. The summed E-state index contributed by atoms with van der Waals surface area (Å²) in [7, 11) is 0. The highest BCUT2D eigenvalue weighted by molar-refractivity contribution is 5.93. The first kappa shape index (κ1) is 16.1. The minimum absolute atomic E-state index is 0.0301. The first-order valence-electron chi connectivity index (χ1n) is 5.67. The van der Waals surface area contributed by atoms with Crippen LogP contribution in [0.1, 0.15) is 17.3 Å². The van der Waals surface area contributed by atoms with Crippen molar-refractivity contribution in [1.29, 1.82) is 0 Å². The molecule has 0 unspecified atom stereocenters. The molecule has 2 N–H and O–H groups in total. The van der Waals surface area contributed by atoms with E-state index in [2.05, 4.69) is 4.74 Å². The van der Waals surface area contributed by atoms with Gasteiger partial charge in [-0.15, -0.1) is 0 Å². The number of esters is 1. The van der Waals surface area contributed by atoms with E-state index in [1.165, 1.54) is 18.2 Å². The number of hydrogen-bond donors (Lipinski definition) is 1. The number of carbonyl (C=O) groups excluding carboxylic acids is 1. The second kappa shape index (κ2) is 6.99. The van der Waals surface area contributed by atoms with Crippen molar-refractivity contribution in [3.63, 3.8) is 0 Å². The van der Waals surface area contributed by atoms with Crippen molar-refractivity contribution in [3.05, 3.63) is 23.8 Å². The molecule has 0 aromatic heterocycles. The average molecular weight is 293 g/mol. The molecule has 20 heavy (non-hydrogen) atoms. The monoisotopic (exact) mass is 293 g/mol. The molecular formula is C12H14F3NO4. The van der Waals surface area contributed by atoms with Gasteiger partial charge in [-0.3, -0.25) is 0 Å². The maximum Gasteiger partial charge on any atom is 0.411 e. The van der Waals surface area contributed by atoms with Crippen LogP contribution < -0.4 is 10.5 Å². The maximum absolute atomic E-state index is 11.9. The molecule has 0 atom stereocenters. The Balaban J connectivity index is 2.67. The molecule has 5 nitrogen and oxygen atoms in total. The van der Waals surface area contributed by atoms with Gasteiger partial charge in [-0.25, -0.2) is 4.79 Å². The van der Waals surface area contributed by atoms with Gasteiger partial charge in [0.1, 0.15) is 17.9 Å². The number of ether oxygens (including phenoxy) is 3. The fourth-order valence-corrected chi connectivity index (χ4v) is 1.30. The molecule has 112 valence electrons. The topological polar surface area (TPSA) is 70.8 Å². The molecule has 0 saturated heterocycles. The lowest BCUT2D eigenvalue weighted by Crippen LogP contribution is -2.19. The van der Waals surface area contributed by atoms with Gasteiger partial charge in [0.25, 0.3) is 0 Å². The number of hydrogen-bond acceptors (Lipinski definition) is 5. The average Bonchev–Trinajstić information content (AvgIpc) is 2.35. The fourth-order valence-electron chi connectivity index (χ4n) is 1.30. The molecule has 0 aliphatic heterocycles. The quantitative estimate of drug-likeness (QED) is 0.377. The van der Waals surface area contributed by atoms with Gasteiger partial charge < -0.3 is 19.9 Å². The number of anilines is 1. The van der Waals surface area contributed by atoms with Gasteiger partial charge in [0, 0.05) is 5.69 Å². The largest absolute Gasteiger partial charge is 0.467 e. The number of carbonyl (C=O) groups is 1. The summed E-state index contributed by atoms with van der Waals surface area (Å²) >= 11 is 0. The maximum atomic E-state index is 11.9. The Morgan fingerprint density at radius 2 is 2.05 bits per heavy atom. The lowest BCUT2D eigenvalue weighted by Gasteiger charge is -2.12. The minimum Gasteiger partial charge on any atom is -0.467 e. The Hall–Kier alpha value is -1.96. The fraction of sp³-hybridized carbons (Fsp3) is 0.417. The number of rotatable bonds is 6. The highest BCUT2D eigenvalue weighted by Gasteiger charge is 2.27. The van der Waals surface area contributed by atoms with Crippen LogP contribution in [0, 0.1) is 0 Å². The van der Waals surface area contributed by atoms with Crippen LogP contribution in [0.3, 0.4) is 0 Å². The molecule has 0 amide bonds. The summed E-state index contributed by atoms with van der Waals surface area (Å²) in [5.41, 5.74) is 5.86. The first-order valence-corrected chi connectivity index (χ1v) is 5.67. The van der Waals surface area contributed by atoms with Gasteiger partial charge in [0.05, 0.1) is 6.61 Å². The zero-order valence-electron chi connectivity index (χ0n) is 10.7. The molecule has 1 aromatic rings. The third-order valence-electron chi connectivity index (χ3n) is 2.06. The van der Waals surface area contributed by atoms with E-state index in [1.54, 1.807) is 6.92 Å². The third-order valence-corrected chi connectivity index (χ3v) is 2.06. The zero-order valence-corrected chi connectivity index (χ0v) is 10.7. The summed E-state index contributed by atoms with van der Waals surface area (Å²) in [6, 6.07) is 4.12. The molecule has 0 spiro atoms. The normalized spacial score (nSPS) is 11.2. The van der Waals surface area contributed by atoms with E-state index in [-0.39, 0.29) is 17.9 Å². The van der Waals surface area contributed by atoms with Gasteiger partial charge in [-0.2, -0.15) is 13.2 Å².